The van der Waals surface area contributed by atoms with Crippen molar-refractivity contribution in [3.63, 3.8) is 0 Å². The largest absolute Gasteiger partial charge is 0.402 e. The van der Waals surface area contributed by atoms with Gasteiger partial charge in [0.15, 0.2) is 10.8 Å². The molecule has 2 aromatic carbocycles. The van der Waals surface area contributed by atoms with Crippen molar-refractivity contribution in [1.82, 2.24) is 4.98 Å². The summed E-state index contributed by atoms with van der Waals surface area (Å²) in [5.74, 6) is -0.497. The van der Waals surface area contributed by atoms with E-state index in [0.717, 1.165) is 0 Å². The Kier molecular flexibility index (Phi) is 5.24. The second-order valence-corrected chi connectivity index (χ2v) is 7.36. The lowest BCUT2D eigenvalue weighted by atomic mass is 10.2. The van der Waals surface area contributed by atoms with Crippen LogP contribution < -0.4 is 4.90 Å². The monoisotopic (exact) mass is 423 g/mol. The molecule has 0 spiro atoms. The molecule has 8 heteroatoms. The molecule has 3 aromatic rings. The van der Waals surface area contributed by atoms with Gasteiger partial charge in [0.25, 0.3) is 0 Å². The molecule has 0 fully saturated rings. The molecule has 1 aliphatic heterocycles. The van der Waals surface area contributed by atoms with Crippen LogP contribution in [-0.2, 0) is 14.3 Å². The maximum Gasteiger partial charge on any atom is 0.363 e. The Bertz CT molecular complexity index is 1150. The van der Waals surface area contributed by atoms with Crippen LogP contribution in [0.4, 0.5) is 10.8 Å². The standard InChI is InChI=1S/C21H14ClN3O3S/c1-13(26)25(17-9-5-8-15(22)10-17)21-23-16(12-29-21)11-18-20(27)28-19(24-18)14-6-3-2-4-7-14/h2-12H,1H3/b18-11+. The fraction of sp³-hybridized carbons (Fsp3) is 0.0476. The summed E-state index contributed by atoms with van der Waals surface area (Å²) < 4.78 is 5.25. The maximum absolute atomic E-state index is 12.2. The molecule has 4 rings (SSSR count). The van der Waals surface area contributed by atoms with Crippen molar-refractivity contribution in [2.75, 3.05) is 4.90 Å². The first-order chi connectivity index (χ1) is 14.0. The highest BCUT2D eigenvalue weighted by atomic mass is 35.5. The molecule has 6 nitrogen and oxygen atoms in total. The third-order valence-electron chi connectivity index (χ3n) is 4.01. The molecule has 1 aromatic heterocycles. The van der Waals surface area contributed by atoms with Crippen molar-refractivity contribution >= 4 is 57.6 Å². The fourth-order valence-electron chi connectivity index (χ4n) is 2.74. The van der Waals surface area contributed by atoms with Gasteiger partial charge in [0.1, 0.15) is 0 Å². The van der Waals surface area contributed by atoms with Gasteiger partial charge in [-0.25, -0.2) is 14.8 Å². The fourth-order valence-corrected chi connectivity index (χ4v) is 3.77. The molecular weight excluding hydrogens is 410 g/mol. The quantitative estimate of drug-likeness (QED) is 0.445. The van der Waals surface area contributed by atoms with Crippen LogP contribution in [0, 0.1) is 0 Å². The predicted molar refractivity (Wildman–Crippen MR) is 113 cm³/mol. The van der Waals surface area contributed by atoms with Crippen molar-refractivity contribution in [1.29, 1.82) is 0 Å². The molecule has 0 saturated carbocycles. The predicted octanol–water partition coefficient (Wildman–Crippen LogP) is 4.83. The van der Waals surface area contributed by atoms with Gasteiger partial charge in [0.2, 0.25) is 11.8 Å². The third kappa shape index (κ3) is 4.11. The number of amides is 1. The van der Waals surface area contributed by atoms with Gasteiger partial charge in [-0.2, -0.15) is 0 Å². The van der Waals surface area contributed by atoms with Gasteiger partial charge < -0.3 is 4.74 Å². The highest BCUT2D eigenvalue weighted by molar-refractivity contribution is 7.14. The van der Waals surface area contributed by atoms with E-state index < -0.39 is 5.97 Å². The molecular formula is C21H14ClN3O3S. The van der Waals surface area contributed by atoms with E-state index >= 15 is 0 Å². The normalized spacial score (nSPS) is 14.6. The Hall–Kier alpha value is -3.29. The number of aromatic nitrogens is 1. The molecule has 0 radical (unpaired) electrons. The van der Waals surface area contributed by atoms with E-state index in [1.54, 1.807) is 29.6 Å². The minimum absolute atomic E-state index is 0.151. The zero-order valence-electron chi connectivity index (χ0n) is 15.2. The number of benzene rings is 2. The first-order valence-corrected chi connectivity index (χ1v) is 9.87. The van der Waals surface area contributed by atoms with Gasteiger partial charge in [-0.1, -0.05) is 35.9 Å². The van der Waals surface area contributed by atoms with Gasteiger partial charge >= 0.3 is 5.97 Å². The van der Waals surface area contributed by atoms with Crippen LogP contribution in [0.5, 0.6) is 0 Å². The average molecular weight is 424 g/mol. The Balaban J connectivity index is 1.64. The van der Waals surface area contributed by atoms with E-state index in [0.29, 0.717) is 27.1 Å². The molecule has 0 N–H and O–H groups in total. The first-order valence-electron chi connectivity index (χ1n) is 8.61. The Morgan fingerprint density at radius 3 is 2.69 bits per heavy atom. The molecule has 0 unspecified atom stereocenters. The lowest BCUT2D eigenvalue weighted by Gasteiger charge is -2.18. The number of carbonyl (C=O) groups excluding carboxylic acids is 2. The highest BCUT2D eigenvalue weighted by Crippen LogP contribution is 2.31. The topological polar surface area (TPSA) is 71.9 Å². The number of thiazole rings is 1. The van der Waals surface area contributed by atoms with Crippen LogP contribution in [0.25, 0.3) is 6.08 Å². The molecule has 0 aliphatic carbocycles. The summed E-state index contributed by atoms with van der Waals surface area (Å²) in [5, 5.41) is 2.72. The van der Waals surface area contributed by atoms with E-state index in [1.807, 2.05) is 30.3 Å². The Morgan fingerprint density at radius 1 is 1.17 bits per heavy atom. The minimum atomic E-state index is -0.545. The van der Waals surface area contributed by atoms with E-state index in [1.165, 1.54) is 29.2 Å². The summed E-state index contributed by atoms with van der Waals surface area (Å²) in [7, 11) is 0. The van der Waals surface area contributed by atoms with Crippen LogP contribution in [0.2, 0.25) is 5.02 Å². The molecule has 29 heavy (non-hydrogen) atoms. The summed E-state index contributed by atoms with van der Waals surface area (Å²) in [6, 6.07) is 16.1. The lowest BCUT2D eigenvalue weighted by molar-refractivity contribution is -0.130. The zero-order valence-corrected chi connectivity index (χ0v) is 16.8. The van der Waals surface area contributed by atoms with Crippen LogP contribution in [0.15, 0.2) is 70.7 Å². The molecule has 1 amide bonds. The van der Waals surface area contributed by atoms with Crippen molar-refractivity contribution in [2.24, 2.45) is 4.99 Å². The van der Waals surface area contributed by atoms with Crippen molar-refractivity contribution < 1.29 is 14.3 Å². The number of esters is 1. The van der Waals surface area contributed by atoms with Crippen LogP contribution in [0.3, 0.4) is 0 Å². The number of rotatable bonds is 4. The summed E-state index contributed by atoms with van der Waals surface area (Å²) in [6.07, 6.45) is 1.54. The molecule has 1 aliphatic rings. The van der Waals surface area contributed by atoms with Crippen LogP contribution >= 0.6 is 22.9 Å². The number of cyclic esters (lactones) is 1. The van der Waals surface area contributed by atoms with Crippen molar-refractivity contribution in [2.45, 2.75) is 6.92 Å². The molecule has 2 heterocycles. The van der Waals surface area contributed by atoms with Crippen molar-refractivity contribution in [3.8, 4) is 0 Å². The van der Waals surface area contributed by atoms with E-state index in [9.17, 15) is 9.59 Å². The summed E-state index contributed by atoms with van der Waals surface area (Å²) in [4.78, 5) is 34.6. The van der Waals surface area contributed by atoms with Gasteiger partial charge in [-0.05, 0) is 36.4 Å². The summed E-state index contributed by atoms with van der Waals surface area (Å²) in [6.45, 7) is 1.45. The second-order valence-electron chi connectivity index (χ2n) is 6.09. The third-order valence-corrected chi connectivity index (χ3v) is 5.09. The van der Waals surface area contributed by atoms with Crippen LogP contribution in [0.1, 0.15) is 18.2 Å². The molecule has 144 valence electrons. The zero-order chi connectivity index (χ0) is 20.4. The lowest BCUT2D eigenvalue weighted by Crippen LogP contribution is -2.22. The van der Waals surface area contributed by atoms with E-state index in [-0.39, 0.29) is 17.5 Å². The number of carbonyl (C=O) groups is 2. The van der Waals surface area contributed by atoms with Gasteiger partial charge in [0, 0.05) is 22.9 Å². The SMILES string of the molecule is CC(=O)N(c1cccc(Cl)c1)c1nc(/C=C2/N=C(c3ccccc3)OC2=O)cs1. The Labute approximate surface area is 175 Å². The molecule has 0 saturated heterocycles. The molecule has 0 bridgehead atoms. The van der Waals surface area contributed by atoms with Gasteiger partial charge in [0.05, 0.1) is 11.4 Å². The number of ether oxygens (including phenoxy) is 1. The maximum atomic E-state index is 12.2. The number of aliphatic imine (C=N–C) groups is 1. The summed E-state index contributed by atoms with van der Waals surface area (Å²) >= 11 is 7.32. The number of nitrogens with zero attached hydrogens (tertiary/aromatic N) is 3. The first kappa shape index (κ1) is 19.0. The van der Waals surface area contributed by atoms with Crippen LogP contribution in [-0.4, -0.2) is 22.8 Å². The number of hydrogen-bond acceptors (Lipinski definition) is 6. The smallest absolute Gasteiger partial charge is 0.363 e. The number of halogens is 1. The van der Waals surface area contributed by atoms with Gasteiger partial charge in [-0.15, -0.1) is 11.3 Å². The average Bonchev–Trinajstić information content (AvgIpc) is 3.30. The van der Waals surface area contributed by atoms with Gasteiger partial charge in [-0.3, -0.25) is 9.69 Å². The number of anilines is 2. The number of hydrogen-bond donors (Lipinski definition) is 0. The Morgan fingerprint density at radius 2 is 1.97 bits per heavy atom. The summed E-state index contributed by atoms with van der Waals surface area (Å²) in [5.41, 5.74) is 1.98. The van der Waals surface area contributed by atoms with E-state index in [2.05, 4.69) is 9.98 Å². The highest BCUT2D eigenvalue weighted by Gasteiger charge is 2.25. The van der Waals surface area contributed by atoms with E-state index in [4.69, 9.17) is 16.3 Å². The minimum Gasteiger partial charge on any atom is -0.402 e. The second kappa shape index (κ2) is 7.98. The molecule has 0 atom stereocenters. The van der Waals surface area contributed by atoms with Crippen molar-refractivity contribution in [3.05, 3.63) is 82.0 Å².